The molecular formula is C15H22N2O5S2. The molecule has 1 aromatic rings. The van der Waals surface area contributed by atoms with Gasteiger partial charge in [-0.25, -0.2) is 21.6 Å². The maximum absolute atomic E-state index is 12.6. The van der Waals surface area contributed by atoms with Crippen LogP contribution in [-0.4, -0.2) is 41.8 Å². The van der Waals surface area contributed by atoms with Gasteiger partial charge < -0.3 is 4.74 Å². The highest BCUT2D eigenvalue weighted by atomic mass is 32.2. The third-order valence-electron chi connectivity index (χ3n) is 4.05. The zero-order valence-electron chi connectivity index (χ0n) is 13.6. The van der Waals surface area contributed by atoms with Gasteiger partial charge in [-0.2, -0.15) is 0 Å². The first-order chi connectivity index (χ1) is 11.3. The molecule has 1 saturated heterocycles. The van der Waals surface area contributed by atoms with Crippen molar-refractivity contribution in [3.63, 3.8) is 0 Å². The van der Waals surface area contributed by atoms with E-state index in [0.29, 0.717) is 25.3 Å². The molecule has 0 spiro atoms. The molecule has 7 nitrogen and oxygen atoms in total. The van der Waals surface area contributed by atoms with Crippen LogP contribution in [0.2, 0.25) is 0 Å². The van der Waals surface area contributed by atoms with Gasteiger partial charge in [-0.05, 0) is 50.8 Å². The summed E-state index contributed by atoms with van der Waals surface area (Å²) >= 11 is 0. The van der Waals surface area contributed by atoms with Crippen LogP contribution in [0, 0.1) is 0 Å². The van der Waals surface area contributed by atoms with Gasteiger partial charge in [0.2, 0.25) is 20.0 Å². The van der Waals surface area contributed by atoms with Crippen molar-refractivity contribution in [2.24, 2.45) is 0 Å². The van der Waals surface area contributed by atoms with Crippen molar-refractivity contribution >= 4 is 25.7 Å². The fourth-order valence-corrected chi connectivity index (χ4v) is 5.80. The quantitative estimate of drug-likeness (QED) is 0.814. The summed E-state index contributed by atoms with van der Waals surface area (Å²) in [7, 11) is -7.14. The number of anilines is 1. The zero-order valence-corrected chi connectivity index (χ0v) is 15.2. The van der Waals surface area contributed by atoms with E-state index in [9.17, 15) is 16.8 Å². The number of hydrogen-bond donors (Lipinski definition) is 1. The largest absolute Gasteiger partial charge is 0.492 e. The third-order valence-corrected chi connectivity index (χ3v) is 7.46. The summed E-state index contributed by atoms with van der Waals surface area (Å²) in [5.74, 6) is 0.326. The van der Waals surface area contributed by atoms with Gasteiger partial charge in [0.1, 0.15) is 10.6 Å². The molecule has 1 aliphatic carbocycles. The number of sulfonamides is 2. The smallest absolute Gasteiger partial charge is 0.244 e. The van der Waals surface area contributed by atoms with Crippen molar-refractivity contribution < 1.29 is 21.6 Å². The SMILES string of the molecule is CCOc1ccc(N2CCCCS2(=O)=O)cc1S(=O)(=O)NC1CC1. The summed E-state index contributed by atoms with van der Waals surface area (Å²) < 4.78 is 59.1. The standard InChI is InChI=1S/C15H22N2O5S2/c1-2-22-14-8-7-13(17-9-3-4-10-23(17,18)19)11-15(14)24(20,21)16-12-5-6-12/h7-8,11-12,16H,2-6,9-10H2,1H3. The van der Waals surface area contributed by atoms with Gasteiger partial charge in [0.15, 0.2) is 0 Å². The lowest BCUT2D eigenvalue weighted by Crippen LogP contribution is -2.38. The summed E-state index contributed by atoms with van der Waals surface area (Å²) in [5, 5.41) is 0. The normalized spacial score (nSPS) is 20.8. The van der Waals surface area contributed by atoms with Crippen LogP contribution in [0.5, 0.6) is 5.75 Å². The Morgan fingerprint density at radius 2 is 2.04 bits per heavy atom. The Kier molecular flexibility index (Phi) is 4.76. The number of benzene rings is 1. The molecular weight excluding hydrogens is 352 g/mol. The van der Waals surface area contributed by atoms with Gasteiger partial charge in [-0.15, -0.1) is 0 Å². The molecule has 0 aromatic heterocycles. The number of ether oxygens (including phenoxy) is 1. The Morgan fingerprint density at radius 3 is 2.67 bits per heavy atom. The summed E-state index contributed by atoms with van der Waals surface area (Å²) in [6, 6.07) is 4.50. The molecule has 0 bridgehead atoms. The molecule has 1 aliphatic heterocycles. The molecule has 0 amide bonds. The van der Waals surface area contributed by atoms with Crippen molar-refractivity contribution in [3.8, 4) is 5.75 Å². The Labute approximate surface area is 143 Å². The van der Waals surface area contributed by atoms with Crippen molar-refractivity contribution in [3.05, 3.63) is 18.2 Å². The van der Waals surface area contributed by atoms with Crippen molar-refractivity contribution in [1.82, 2.24) is 4.72 Å². The van der Waals surface area contributed by atoms with Crippen LogP contribution in [0.3, 0.4) is 0 Å². The van der Waals surface area contributed by atoms with E-state index >= 15 is 0 Å². The first kappa shape index (κ1) is 17.5. The molecule has 1 saturated carbocycles. The van der Waals surface area contributed by atoms with Crippen LogP contribution in [0.4, 0.5) is 5.69 Å². The fraction of sp³-hybridized carbons (Fsp3) is 0.600. The summed E-state index contributed by atoms with van der Waals surface area (Å²) in [4.78, 5) is -0.00507. The molecule has 3 rings (SSSR count). The zero-order chi connectivity index (χ0) is 17.4. The van der Waals surface area contributed by atoms with Crippen LogP contribution in [0.1, 0.15) is 32.6 Å². The molecule has 24 heavy (non-hydrogen) atoms. The molecule has 0 atom stereocenters. The van der Waals surface area contributed by atoms with Gasteiger partial charge in [-0.3, -0.25) is 4.31 Å². The maximum Gasteiger partial charge on any atom is 0.244 e. The molecule has 2 fully saturated rings. The lowest BCUT2D eigenvalue weighted by Gasteiger charge is -2.28. The molecule has 1 N–H and O–H groups in total. The maximum atomic E-state index is 12.6. The molecule has 1 heterocycles. The lowest BCUT2D eigenvalue weighted by atomic mass is 10.2. The second-order valence-corrected chi connectivity index (χ2v) is 9.75. The van der Waals surface area contributed by atoms with Crippen LogP contribution >= 0.6 is 0 Å². The number of hydrogen-bond acceptors (Lipinski definition) is 5. The molecule has 2 aliphatic rings. The molecule has 9 heteroatoms. The van der Waals surface area contributed by atoms with Crippen molar-refractivity contribution in [1.29, 1.82) is 0 Å². The Hall–Kier alpha value is -1.32. The molecule has 0 unspecified atom stereocenters. The Balaban J connectivity index is 2.02. The van der Waals surface area contributed by atoms with E-state index in [-0.39, 0.29) is 22.4 Å². The van der Waals surface area contributed by atoms with Crippen LogP contribution in [-0.2, 0) is 20.0 Å². The summed E-state index contributed by atoms with van der Waals surface area (Å²) in [5.41, 5.74) is 0.370. The van der Waals surface area contributed by atoms with E-state index in [1.807, 2.05) is 0 Å². The van der Waals surface area contributed by atoms with E-state index in [4.69, 9.17) is 4.74 Å². The van der Waals surface area contributed by atoms with Crippen molar-refractivity contribution in [2.45, 2.75) is 43.5 Å². The highest BCUT2D eigenvalue weighted by Crippen LogP contribution is 2.33. The highest BCUT2D eigenvalue weighted by Gasteiger charge is 2.32. The molecule has 134 valence electrons. The van der Waals surface area contributed by atoms with E-state index in [2.05, 4.69) is 4.72 Å². The average Bonchev–Trinajstić information content (AvgIpc) is 3.31. The van der Waals surface area contributed by atoms with E-state index in [1.54, 1.807) is 13.0 Å². The van der Waals surface area contributed by atoms with E-state index in [1.165, 1.54) is 16.4 Å². The minimum absolute atomic E-state index is 0.00507. The van der Waals surface area contributed by atoms with Gasteiger partial charge in [-0.1, -0.05) is 0 Å². The predicted octanol–water partition coefficient (Wildman–Crippen LogP) is 1.46. The lowest BCUT2D eigenvalue weighted by molar-refractivity contribution is 0.331. The predicted molar refractivity (Wildman–Crippen MR) is 91.3 cm³/mol. The highest BCUT2D eigenvalue weighted by molar-refractivity contribution is 7.92. The van der Waals surface area contributed by atoms with Crippen LogP contribution in [0.15, 0.2) is 23.1 Å². The van der Waals surface area contributed by atoms with Gasteiger partial charge in [0.05, 0.1) is 18.0 Å². The minimum atomic E-state index is -3.74. The van der Waals surface area contributed by atoms with E-state index < -0.39 is 20.0 Å². The summed E-state index contributed by atoms with van der Waals surface area (Å²) in [6.45, 7) is 2.47. The van der Waals surface area contributed by atoms with Gasteiger partial charge >= 0.3 is 0 Å². The number of nitrogens with one attached hydrogen (secondary N) is 1. The van der Waals surface area contributed by atoms with Crippen LogP contribution < -0.4 is 13.8 Å². The second-order valence-electron chi connectivity index (χ2n) is 6.05. The minimum Gasteiger partial charge on any atom is -0.492 e. The van der Waals surface area contributed by atoms with Crippen LogP contribution in [0.25, 0.3) is 0 Å². The first-order valence-corrected chi connectivity index (χ1v) is 11.2. The van der Waals surface area contributed by atoms with E-state index in [0.717, 1.165) is 19.3 Å². The third kappa shape index (κ3) is 3.68. The Bertz CT molecular complexity index is 816. The topological polar surface area (TPSA) is 92.8 Å². The Morgan fingerprint density at radius 1 is 1.29 bits per heavy atom. The molecule has 0 radical (unpaired) electrons. The average molecular weight is 374 g/mol. The van der Waals surface area contributed by atoms with Gasteiger partial charge in [0.25, 0.3) is 0 Å². The second kappa shape index (κ2) is 6.53. The first-order valence-electron chi connectivity index (χ1n) is 8.13. The van der Waals surface area contributed by atoms with Gasteiger partial charge in [0, 0.05) is 12.6 Å². The number of nitrogens with zero attached hydrogens (tertiary/aromatic N) is 1. The number of rotatable bonds is 6. The molecule has 1 aromatic carbocycles. The summed E-state index contributed by atoms with van der Waals surface area (Å²) in [6.07, 6.45) is 3.03. The van der Waals surface area contributed by atoms with Crippen molar-refractivity contribution in [2.75, 3.05) is 23.2 Å². The fourth-order valence-electron chi connectivity index (χ4n) is 2.70. The monoisotopic (exact) mass is 374 g/mol.